The highest BCUT2D eigenvalue weighted by atomic mass is 32.2. The maximum Gasteiger partial charge on any atom is 0.256 e. The molecule has 0 saturated carbocycles. The van der Waals surface area contributed by atoms with E-state index >= 15 is 0 Å². The van der Waals surface area contributed by atoms with Crippen LogP contribution in [0.2, 0.25) is 0 Å². The van der Waals surface area contributed by atoms with E-state index in [1.54, 1.807) is 12.1 Å². The molecule has 2 saturated heterocycles. The molecule has 1 aromatic carbocycles. The summed E-state index contributed by atoms with van der Waals surface area (Å²) < 4.78 is 74.9. The van der Waals surface area contributed by atoms with Gasteiger partial charge in [-0.3, -0.25) is 0 Å². The molecule has 2 aliphatic rings. The van der Waals surface area contributed by atoms with Gasteiger partial charge >= 0.3 is 0 Å². The molecule has 3 rings (SSSR count). The van der Waals surface area contributed by atoms with Gasteiger partial charge in [0.25, 0.3) is 10.0 Å². The summed E-state index contributed by atoms with van der Waals surface area (Å²) in [5, 5.41) is 0. The summed E-state index contributed by atoms with van der Waals surface area (Å²) in [6.45, 7) is 4.00. The molecule has 2 fully saturated rings. The molecule has 0 bridgehead atoms. The van der Waals surface area contributed by atoms with Gasteiger partial charge in [-0.05, 0) is 36.5 Å². The molecule has 158 valence electrons. The van der Waals surface area contributed by atoms with Crippen molar-refractivity contribution in [3.05, 3.63) is 29.8 Å². The predicted molar refractivity (Wildman–Crippen MR) is 107 cm³/mol. The molecule has 0 spiro atoms. The van der Waals surface area contributed by atoms with Gasteiger partial charge in [0.15, 0.2) is 19.7 Å². The predicted octanol–water partition coefficient (Wildman–Crippen LogP) is 0.680. The number of benzene rings is 1. The standard InChI is InChI=1S/C17H26N2O6S3/c1-13(2)14-3-5-17(6-4-14)28(24,25)19(16-8-10-27(22,23)12-16)18-15-7-9-26(20,21)11-15/h3-6,13,15-16,18H,7-12H2,1-2H3/t15-,16-/m0/s1. The van der Waals surface area contributed by atoms with Gasteiger partial charge < -0.3 is 0 Å². The van der Waals surface area contributed by atoms with Gasteiger partial charge in [0.05, 0.1) is 33.9 Å². The van der Waals surface area contributed by atoms with Crippen LogP contribution >= 0.6 is 0 Å². The Labute approximate surface area is 167 Å². The lowest BCUT2D eigenvalue weighted by atomic mass is 10.0. The average Bonchev–Trinajstić information content (AvgIpc) is 3.13. The maximum absolute atomic E-state index is 13.3. The molecule has 0 unspecified atom stereocenters. The van der Waals surface area contributed by atoms with Crippen LogP contribution in [0.25, 0.3) is 0 Å². The SMILES string of the molecule is CC(C)c1ccc(S(=O)(=O)N(N[C@H]2CCS(=O)(=O)C2)[C@H]2CCS(=O)(=O)C2)cc1. The lowest BCUT2D eigenvalue weighted by molar-refractivity contribution is 0.229. The summed E-state index contributed by atoms with van der Waals surface area (Å²) in [5.74, 6) is -0.284. The Morgan fingerprint density at radius 3 is 2.00 bits per heavy atom. The molecule has 2 heterocycles. The van der Waals surface area contributed by atoms with Gasteiger partial charge in [-0.15, -0.1) is 4.41 Å². The highest BCUT2D eigenvalue weighted by Gasteiger charge is 2.41. The zero-order valence-electron chi connectivity index (χ0n) is 15.9. The number of nitrogens with one attached hydrogen (secondary N) is 1. The van der Waals surface area contributed by atoms with Crippen molar-refractivity contribution >= 4 is 29.7 Å². The topological polar surface area (TPSA) is 118 Å². The lowest BCUT2D eigenvalue weighted by Crippen LogP contribution is -2.54. The number of hydrogen-bond acceptors (Lipinski definition) is 7. The summed E-state index contributed by atoms with van der Waals surface area (Å²) in [6.07, 6.45) is 0.470. The van der Waals surface area contributed by atoms with Gasteiger partial charge in [0, 0.05) is 6.04 Å². The van der Waals surface area contributed by atoms with Crippen molar-refractivity contribution in [2.75, 3.05) is 23.0 Å². The number of nitrogens with zero attached hydrogens (tertiary/aromatic N) is 1. The second-order valence-corrected chi connectivity index (χ2v) is 14.1. The first-order valence-corrected chi connectivity index (χ1v) is 14.3. The molecule has 0 amide bonds. The van der Waals surface area contributed by atoms with Crippen LogP contribution in [-0.4, -0.2) is 64.8 Å². The molecule has 1 aromatic rings. The minimum Gasteiger partial charge on any atom is -0.237 e. The molecule has 0 aromatic heterocycles. The van der Waals surface area contributed by atoms with Gasteiger partial charge in [0.2, 0.25) is 0 Å². The normalized spacial score (nSPS) is 26.9. The third kappa shape index (κ3) is 4.76. The summed E-state index contributed by atoms with van der Waals surface area (Å²) in [4.78, 5) is 0.0505. The third-order valence-corrected chi connectivity index (χ3v) is 10.5. The van der Waals surface area contributed by atoms with E-state index in [2.05, 4.69) is 5.43 Å². The van der Waals surface area contributed by atoms with Crippen LogP contribution in [-0.2, 0) is 29.7 Å². The third-order valence-electron chi connectivity index (χ3n) is 5.19. The summed E-state index contributed by atoms with van der Waals surface area (Å²) >= 11 is 0. The Bertz CT molecular complexity index is 1030. The molecular weight excluding hydrogens is 424 g/mol. The fourth-order valence-electron chi connectivity index (χ4n) is 3.55. The second kappa shape index (κ2) is 7.67. The Kier molecular flexibility index (Phi) is 5.95. The summed E-state index contributed by atoms with van der Waals surface area (Å²) in [5.41, 5.74) is 3.82. The van der Waals surface area contributed by atoms with Crippen LogP contribution in [0.1, 0.15) is 38.2 Å². The zero-order valence-corrected chi connectivity index (χ0v) is 18.4. The quantitative estimate of drug-likeness (QED) is 0.633. The Hall–Kier alpha value is -1.01. The van der Waals surface area contributed by atoms with E-state index < -0.39 is 41.8 Å². The maximum atomic E-state index is 13.3. The summed E-state index contributed by atoms with van der Waals surface area (Å²) in [6, 6.07) is 5.17. The monoisotopic (exact) mass is 450 g/mol. The highest BCUT2D eigenvalue weighted by Crippen LogP contribution is 2.26. The molecule has 8 nitrogen and oxygen atoms in total. The van der Waals surface area contributed by atoms with Crippen LogP contribution in [0.5, 0.6) is 0 Å². The Morgan fingerprint density at radius 2 is 1.54 bits per heavy atom. The first kappa shape index (κ1) is 21.7. The number of sulfone groups is 2. The van der Waals surface area contributed by atoms with Crippen molar-refractivity contribution in [1.29, 1.82) is 0 Å². The fraction of sp³-hybridized carbons (Fsp3) is 0.647. The molecule has 2 atom stereocenters. The molecular formula is C17H26N2O6S3. The van der Waals surface area contributed by atoms with Crippen LogP contribution in [0.4, 0.5) is 0 Å². The van der Waals surface area contributed by atoms with Crippen molar-refractivity contribution in [1.82, 2.24) is 9.84 Å². The van der Waals surface area contributed by atoms with Crippen molar-refractivity contribution in [3.8, 4) is 0 Å². The molecule has 28 heavy (non-hydrogen) atoms. The number of hydrazine groups is 1. The zero-order chi connectivity index (χ0) is 20.7. The van der Waals surface area contributed by atoms with Gasteiger partial charge in [-0.2, -0.15) is 0 Å². The summed E-state index contributed by atoms with van der Waals surface area (Å²) in [7, 11) is -10.6. The van der Waals surface area contributed by atoms with Gasteiger partial charge in [-0.25, -0.2) is 30.7 Å². The Balaban J connectivity index is 1.92. The van der Waals surface area contributed by atoms with Crippen LogP contribution < -0.4 is 5.43 Å². The highest BCUT2D eigenvalue weighted by molar-refractivity contribution is 7.92. The smallest absolute Gasteiger partial charge is 0.237 e. The first-order chi connectivity index (χ1) is 12.9. The van der Waals surface area contributed by atoms with E-state index in [9.17, 15) is 25.3 Å². The fourth-order valence-corrected chi connectivity index (χ4v) is 8.57. The van der Waals surface area contributed by atoms with Crippen LogP contribution in [0.15, 0.2) is 29.2 Å². The van der Waals surface area contributed by atoms with Crippen LogP contribution in [0, 0.1) is 0 Å². The van der Waals surface area contributed by atoms with E-state index in [4.69, 9.17) is 0 Å². The lowest BCUT2D eigenvalue weighted by Gasteiger charge is -2.30. The second-order valence-electron chi connectivity index (χ2n) is 7.81. The van der Waals surface area contributed by atoms with Crippen molar-refractivity contribution in [2.45, 2.75) is 49.6 Å². The average molecular weight is 451 g/mol. The van der Waals surface area contributed by atoms with Crippen molar-refractivity contribution in [3.63, 3.8) is 0 Å². The van der Waals surface area contributed by atoms with E-state index in [1.165, 1.54) is 12.1 Å². The van der Waals surface area contributed by atoms with E-state index in [0.29, 0.717) is 6.42 Å². The van der Waals surface area contributed by atoms with E-state index in [0.717, 1.165) is 9.98 Å². The largest absolute Gasteiger partial charge is 0.256 e. The number of sulfonamides is 1. The van der Waals surface area contributed by atoms with Gasteiger partial charge in [0.1, 0.15) is 0 Å². The minimum atomic E-state index is -4.04. The Morgan fingerprint density at radius 1 is 0.964 bits per heavy atom. The molecule has 0 aliphatic carbocycles. The first-order valence-electron chi connectivity index (χ1n) is 9.21. The van der Waals surface area contributed by atoms with Crippen LogP contribution in [0.3, 0.4) is 0 Å². The van der Waals surface area contributed by atoms with Crippen molar-refractivity contribution in [2.24, 2.45) is 0 Å². The molecule has 11 heteroatoms. The van der Waals surface area contributed by atoms with E-state index in [1.807, 2.05) is 13.8 Å². The molecule has 0 radical (unpaired) electrons. The number of rotatable bonds is 6. The van der Waals surface area contributed by atoms with Gasteiger partial charge in [-0.1, -0.05) is 26.0 Å². The van der Waals surface area contributed by atoms with E-state index in [-0.39, 0.29) is 40.2 Å². The molecule has 1 N–H and O–H groups in total. The molecule has 2 aliphatic heterocycles. The minimum absolute atomic E-state index is 0.00932. The van der Waals surface area contributed by atoms with Crippen molar-refractivity contribution < 1.29 is 25.3 Å². The number of hydrogen-bond donors (Lipinski definition) is 1.